The van der Waals surface area contributed by atoms with Crippen LogP contribution in [0.25, 0.3) is 22.1 Å². The predicted octanol–water partition coefficient (Wildman–Crippen LogP) is 3.66. The number of rotatable bonds is 2. The Morgan fingerprint density at radius 2 is 1.69 bits per heavy atom. The standard InChI is InChI=1S/C21H16N4O/c1-14-19-13-23-25(18-10-6-7-16(11-18)12-22)21(26)20(19)15(2)24(14)17-8-4-3-5-9-17/h3-11,13H,1-2H3. The third-order valence-electron chi connectivity index (χ3n) is 4.63. The summed E-state index contributed by atoms with van der Waals surface area (Å²) in [4.78, 5) is 13.2. The third kappa shape index (κ3) is 2.32. The number of aryl methyl sites for hydroxylation is 2. The minimum absolute atomic E-state index is 0.187. The molecular weight excluding hydrogens is 324 g/mol. The third-order valence-corrected chi connectivity index (χ3v) is 4.63. The van der Waals surface area contributed by atoms with E-state index in [0.717, 1.165) is 22.5 Å². The molecule has 4 aromatic rings. The topological polar surface area (TPSA) is 63.6 Å². The van der Waals surface area contributed by atoms with Crippen LogP contribution < -0.4 is 5.56 Å². The Bertz CT molecular complexity index is 1230. The van der Waals surface area contributed by atoms with Crippen molar-refractivity contribution in [1.82, 2.24) is 14.3 Å². The van der Waals surface area contributed by atoms with Crippen LogP contribution in [0, 0.1) is 25.2 Å². The lowest BCUT2D eigenvalue weighted by Gasteiger charge is -2.08. The predicted molar refractivity (Wildman–Crippen MR) is 101 cm³/mol. The molecule has 5 heteroatoms. The molecule has 0 bridgehead atoms. The van der Waals surface area contributed by atoms with Gasteiger partial charge < -0.3 is 4.57 Å². The van der Waals surface area contributed by atoms with Gasteiger partial charge in [0.1, 0.15) is 0 Å². The van der Waals surface area contributed by atoms with Gasteiger partial charge in [-0.1, -0.05) is 24.3 Å². The van der Waals surface area contributed by atoms with Crippen LogP contribution >= 0.6 is 0 Å². The van der Waals surface area contributed by atoms with Gasteiger partial charge in [-0.15, -0.1) is 0 Å². The van der Waals surface area contributed by atoms with E-state index in [0.29, 0.717) is 16.6 Å². The minimum atomic E-state index is -0.187. The summed E-state index contributed by atoms with van der Waals surface area (Å²) in [5, 5.41) is 14.9. The average Bonchev–Trinajstić information content (AvgIpc) is 2.94. The molecule has 0 atom stereocenters. The monoisotopic (exact) mass is 340 g/mol. The van der Waals surface area contributed by atoms with Gasteiger partial charge in [0.05, 0.1) is 28.9 Å². The Labute approximate surface area is 150 Å². The fourth-order valence-electron chi connectivity index (χ4n) is 3.42. The fraction of sp³-hybridized carbons (Fsp3) is 0.0952. The van der Waals surface area contributed by atoms with Gasteiger partial charge in [-0.25, -0.2) is 0 Å². The molecule has 0 fully saturated rings. The van der Waals surface area contributed by atoms with E-state index in [4.69, 9.17) is 5.26 Å². The molecule has 126 valence electrons. The highest BCUT2D eigenvalue weighted by Gasteiger charge is 2.17. The Morgan fingerprint density at radius 3 is 2.42 bits per heavy atom. The van der Waals surface area contributed by atoms with Crippen LogP contribution in [0.5, 0.6) is 0 Å². The Morgan fingerprint density at radius 1 is 0.962 bits per heavy atom. The van der Waals surface area contributed by atoms with E-state index in [1.807, 2.05) is 44.2 Å². The number of aromatic nitrogens is 3. The van der Waals surface area contributed by atoms with Crippen molar-refractivity contribution in [3.05, 3.63) is 88.1 Å². The maximum Gasteiger partial charge on any atom is 0.281 e. The maximum absolute atomic E-state index is 13.2. The van der Waals surface area contributed by atoms with Crippen molar-refractivity contribution in [2.45, 2.75) is 13.8 Å². The molecule has 0 spiro atoms. The van der Waals surface area contributed by atoms with E-state index in [1.165, 1.54) is 4.68 Å². The van der Waals surface area contributed by atoms with Crippen LogP contribution in [-0.4, -0.2) is 14.3 Å². The lowest BCUT2D eigenvalue weighted by Crippen LogP contribution is -2.21. The second-order valence-electron chi connectivity index (χ2n) is 6.15. The van der Waals surface area contributed by atoms with E-state index in [1.54, 1.807) is 30.5 Å². The highest BCUT2D eigenvalue weighted by molar-refractivity contribution is 5.88. The van der Waals surface area contributed by atoms with E-state index in [9.17, 15) is 4.79 Å². The summed E-state index contributed by atoms with van der Waals surface area (Å²) in [6.45, 7) is 3.93. The number of fused-ring (bicyclic) bond motifs is 1. The van der Waals surface area contributed by atoms with Gasteiger partial charge >= 0.3 is 0 Å². The number of benzene rings is 2. The van der Waals surface area contributed by atoms with Crippen LogP contribution in [-0.2, 0) is 0 Å². The molecule has 0 amide bonds. The summed E-state index contributed by atoms with van der Waals surface area (Å²) in [5.74, 6) is 0. The number of nitrogens with zero attached hydrogens (tertiary/aromatic N) is 4. The largest absolute Gasteiger partial charge is 0.317 e. The van der Waals surface area contributed by atoms with Crippen molar-refractivity contribution in [3.8, 4) is 17.4 Å². The minimum Gasteiger partial charge on any atom is -0.317 e. The van der Waals surface area contributed by atoms with Crippen molar-refractivity contribution in [2.75, 3.05) is 0 Å². The van der Waals surface area contributed by atoms with Crippen LogP contribution in [0.2, 0.25) is 0 Å². The Kier molecular flexibility index (Phi) is 3.67. The molecule has 2 heterocycles. The molecule has 4 rings (SSSR count). The molecule has 5 nitrogen and oxygen atoms in total. The summed E-state index contributed by atoms with van der Waals surface area (Å²) in [7, 11) is 0. The first kappa shape index (κ1) is 15.9. The zero-order valence-corrected chi connectivity index (χ0v) is 14.5. The van der Waals surface area contributed by atoms with Crippen molar-refractivity contribution in [1.29, 1.82) is 5.26 Å². The van der Waals surface area contributed by atoms with Gasteiger partial charge in [0.25, 0.3) is 5.56 Å². The zero-order chi connectivity index (χ0) is 18.3. The highest BCUT2D eigenvalue weighted by atomic mass is 16.1. The number of hydrogen-bond donors (Lipinski definition) is 0. The van der Waals surface area contributed by atoms with Crippen LogP contribution in [0.15, 0.2) is 65.6 Å². The Hall–Kier alpha value is -3.65. The molecule has 0 aliphatic carbocycles. The maximum atomic E-state index is 13.2. The molecule has 0 saturated heterocycles. The van der Waals surface area contributed by atoms with Gasteiger partial charge in [-0.3, -0.25) is 4.79 Å². The first-order valence-electron chi connectivity index (χ1n) is 8.27. The summed E-state index contributed by atoms with van der Waals surface area (Å²) in [5.41, 5.74) is 3.75. The number of hydrogen-bond acceptors (Lipinski definition) is 3. The van der Waals surface area contributed by atoms with Crippen LogP contribution in [0.1, 0.15) is 17.0 Å². The molecule has 0 saturated carbocycles. The van der Waals surface area contributed by atoms with Crippen LogP contribution in [0.4, 0.5) is 0 Å². The molecule has 0 radical (unpaired) electrons. The van der Waals surface area contributed by atoms with E-state index < -0.39 is 0 Å². The lowest BCUT2D eigenvalue weighted by molar-refractivity contribution is 0.820. The van der Waals surface area contributed by atoms with Gasteiger partial charge in [-0.2, -0.15) is 15.0 Å². The van der Waals surface area contributed by atoms with Crippen molar-refractivity contribution in [3.63, 3.8) is 0 Å². The van der Waals surface area contributed by atoms with Crippen molar-refractivity contribution < 1.29 is 0 Å². The molecule has 0 N–H and O–H groups in total. The fourth-order valence-corrected chi connectivity index (χ4v) is 3.42. The van der Waals surface area contributed by atoms with E-state index in [-0.39, 0.29) is 5.56 Å². The summed E-state index contributed by atoms with van der Waals surface area (Å²) >= 11 is 0. The van der Waals surface area contributed by atoms with Crippen LogP contribution in [0.3, 0.4) is 0 Å². The molecule has 0 unspecified atom stereocenters. The summed E-state index contributed by atoms with van der Waals surface area (Å²) in [6.07, 6.45) is 1.72. The number of nitriles is 1. The molecule has 2 aromatic carbocycles. The van der Waals surface area contributed by atoms with Gasteiger partial charge in [-0.05, 0) is 44.2 Å². The zero-order valence-electron chi connectivity index (χ0n) is 14.5. The van der Waals surface area contributed by atoms with Gasteiger partial charge in [0, 0.05) is 22.5 Å². The van der Waals surface area contributed by atoms with Gasteiger partial charge in [0.2, 0.25) is 0 Å². The number of para-hydroxylation sites is 1. The molecule has 26 heavy (non-hydrogen) atoms. The average molecular weight is 340 g/mol. The van der Waals surface area contributed by atoms with E-state index in [2.05, 4.69) is 15.7 Å². The first-order chi connectivity index (χ1) is 12.6. The highest BCUT2D eigenvalue weighted by Crippen LogP contribution is 2.26. The first-order valence-corrected chi connectivity index (χ1v) is 8.27. The molecular formula is C21H16N4O. The second kappa shape index (κ2) is 6.01. The quantitative estimate of drug-likeness (QED) is 0.559. The van der Waals surface area contributed by atoms with E-state index >= 15 is 0 Å². The Balaban J connectivity index is 2.01. The summed E-state index contributed by atoms with van der Waals surface area (Å²) in [6, 6.07) is 18.9. The normalized spacial score (nSPS) is 10.8. The van der Waals surface area contributed by atoms with Gasteiger partial charge in [0.15, 0.2) is 0 Å². The molecule has 0 aliphatic heterocycles. The SMILES string of the molecule is Cc1c2cnn(-c3cccc(C#N)c3)c(=O)c2c(C)n1-c1ccccc1. The molecule has 0 aliphatic rings. The summed E-state index contributed by atoms with van der Waals surface area (Å²) < 4.78 is 3.43. The van der Waals surface area contributed by atoms with Crippen molar-refractivity contribution >= 4 is 10.8 Å². The molecule has 2 aromatic heterocycles. The lowest BCUT2D eigenvalue weighted by atomic mass is 10.2. The second-order valence-corrected chi connectivity index (χ2v) is 6.15. The van der Waals surface area contributed by atoms with Crippen molar-refractivity contribution in [2.24, 2.45) is 0 Å². The smallest absolute Gasteiger partial charge is 0.281 e.